The molecule has 0 atom stereocenters. The largest absolute Gasteiger partial charge is 0.369 e. The van der Waals surface area contributed by atoms with E-state index in [0.717, 1.165) is 48.5 Å². The number of pyridine rings is 1. The van der Waals surface area contributed by atoms with Crippen molar-refractivity contribution in [3.8, 4) is 0 Å². The molecule has 0 aliphatic carbocycles. The second-order valence-electron chi connectivity index (χ2n) is 8.78. The van der Waals surface area contributed by atoms with Crippen molar-refractivity contribution < 1.29 is 8.42 Å². The Kier molecular flexibility index (Phi) is 5.54. The van der Waals surface area contributed by atoms with Crippen LogP contribution in [0.2, 0.25) is 0 Å². The maximum Gasteiger partial charge on any atom is 0.271 e. The highest BCUT2D eigenvalue weighted by Crippen LogP contribution is 2.29. The molecule has 36 heavy (non-hydrogen) atoms. The first-order valence-electron chi connectivity index (χ1n) is 11.8. The Bertz CT molecular complexity index is 1670. The molecule has 0 unspecified atom stereocenters. The number of piperazine rings is 1. The Labute approximate surface area is 208 Å². The molecule has 1 saturated heterocycles. The van der Waals surface area contributed by atoms with Gasteiger partial charge in [0.1, 0.15) is 4.90 Å². The minimum Gasteiger partial charge on any atom is -0.369 e. The van der Waals surface area contributed by atoms with Gasteiger partial charge in [-0.15, -0.1) is 0 Å². The quantitative estimate of drug-likeness (QED) is 0.377. The molecule has 3 aromatic heterocycles. The summed E-state index contributed by atoms with van der Waals surface area (Å²) < 4.78 is 28.8. The number of hydrogen-bond acceptors (Lipinski definition) is 8. The van der Waals surface area contributed by atoms with Crippen LogP contribution in [0.4, 0.5) is 17.3 Å². The van der Waals surface area contributed by atoms with E-state index in [1.807, 2.05) is 31.2 Å². The van der Waals surface area contributed by atoms with Gasteiger partial charge >= 0.3 is 0 Å². The van der Waals surface area contributed by atoms with Gasteiger partial charge in [-0.2, -0.15) is 4.98 Å². The maximum absolute atomic E-state index is 13.8. The van der Waals surface area contributed by atoms with Gasteiger partial charge in [0.25, 0.3) is 10.0 Å². The molecule has 6 rings (SSSR count). The summed E-state index contributed by atoms with van der Waals surface area (Å²) in [5, 5.41) is 8.00. The fraction of sp³-hybridized carbons (Fsp3) is 0.192. The Balaban J connectivity index is 1.36. The monoisotopic (exact) mass is 499 g/mol. The van der Waals surface area contributed by atoms with E-state index >= 15 is 0 Å². The van der Waals surface area contributed by atoms with Crippen LogP contribution in [0, 0.1) is 6.92 Å². The predicted octanol–water partition coefficient (Wildman–Crippen LogP) is 3.68. The van der Waals surface area contributed by atoms with Crippen LogP contribution in [-0.4, -0.2) is 53.5 Å². The van der Waals surface area contributed by atoms with Crippen LogP contribution in [0.1, 0.15) is 5.56 Å². The van der Waals surface area contributed by atoms with Crippen molar-refractivity contribution in [1.82, 2.24) is 24.2 Å². The van der Waals surface area contributed by atoms with Crippen molar-refractivity contribution in [3.63, 3.8) is 0 Å². The average molecular weight is 500 g/mol. The summed E-state index contributed by atoms with van der Waals surface area (Å²) in [6.07, 6.45) is 4.84. The first-order chi connectivity index (χ1) is 17.5. The third-order valence-corrected chi connectivity index (χ3v) is 8.13. The number of para-hydroxylation sites is 1. The number of aryl methyl sites for hydroxylation is 1. The van der Waals surface area contributed by atoms with E-state index in [1.165, 1.54) is 3.97 Å². The van der Waals surface area contributed by atoms with E-state index in [9.17, 15) is 8.42 Å². The van der Waals surface area contributed by atoms with Gasteiger partial charge in [0.05, 0.1) is 5.52 Å². The zero-order chi connectivity index (χ0) is 24.7. The van der Waals surface area contributed by atoms with Crippen LogP contribution >= 0.6 is 0 Å². The van der Waals surface area contributed by atoms with Gasteiger partial charge in [-0.3, -0.25) is 4.98 Å². The lowest BCUT2D eigenvalue weighted by Gasteiger charge is -2.29. The smallest absolute Gasteiger partial charge is 0.271 e. The molecular weight excluding hydrogens is 474 g/mol. The Morgan fingerprint density at radius 1 is 0.972 bits per heavy atom. The molecule has 1 aliphatic heterocycles. The Hall–Kier alpha value is -4.02. The molecule has 5 aromatic rings. The van der Waals surface area contributed by atoms with E-state index in [4.69, 9.17) is 0 Å². The maximum atomic E-state index is 13.8. The molecule has 2 aromatic carbocycles. The number of hydrogen-bond donors (Lipinski definition) is 2. The van der Waals surface area contributed by atoms with Crippen LogP contribution in [-0.2, 0) is 10.0 Å². The van der Waals surface area contributed by atoms with Gasteiger partial charge < -0.3 is 15.5 Å². The minimum atomic E-state index is -3.95. The molecular formula is C26H25N7O2S. The van der Waals surface area contributed by atoms with Crippen molar-refractivity contribution >= 4 is 49.3 Å². The van der Waals surface area contributed by atoms with Crippen LogP contribution in [0.15, 0.2) is 78.1 Å². The van der Waals surface area contributed by atoms with Gasteiger partial charge in [0.15, 0.2) is 5.65 Å². The lowest BCUT2D eigenvalue weighted by molar-refractivity contribution is 0.589. The third kappa shape index (κ3) is 3.94. The Morgan fingerprint density at radius 2 is 1.75 bits per heavy atom. The van der Waals surface area contributed by atoms with Crippen molar-refractivity contribution in [2.45, 2.75) is 11.8 Å². The van der Waals surface area contributed by atoms with E-state index in [0.29, 0.717) is 22.5 Å². The first kappa shape index (κ1) is 22.4. The number of fused-ring (bicyclic) bond motifs is 2. The van der Waals surface area contributed by atoms with E-state index in [2.05, 4.69) is 42.6 Å². The molecule has 2 N–H and O–H groups in total. The summed E-state index contributed by atoms with van der Waals surface area (Å²) in [4.78, 5) is 15.8. The highest BCUT2D eigenvalue weighted by atomic mass is 32.2. The molecule has 10 heteroatoms. The molecule has 0 spiro atoms. The zero-order valence-corrected chi connectivity index (χ0v) is 20.5. The summed E-state index contributed by atoms with van der Waals surface area (Å²) >= 11 is 0. The molecule has 1 fully saturated rings. The van der Waals surface area contributed by atoms with Crippen molar-refractivity contribution in [2.24, 2.45) is 0 Å². The van der Waals surface area contributed by atoms with E-state index in [1.54, 1.807) is 36.8 Å². The van der Waals surface area contributed by atoms with Crippen LogP contribution in [0.3, 0.4) is 0 Å². The highest BCUT2D eigenvalue weighted by Gasteiger charge is 2.24. The molecule has 9 nitrogen and oxygen atoms in total. The average Bonchev–Trinajstić information content (AvgIpc) is 3.25. The van der Waals surface area contributed by atoms with Gasteiger partial charge in [-0.1, -0.05) is 18.2 Å². The predicted molar refractivity (Wildman–Crippen MR) is 141 cm³/mol. The number of benzene rings is 2. The fourth-order valence-corrected chi connectivity index (χ4v) is 6.11. The zero-order valence-electron chi connectivity index (χ0n) is 19.7. The molecule has 0 bridgehead atoms. The summed E-state index contributed by atoms with van der Waals surface area (Å²) in [5.74, 6) is 0.322. The second kappa shape index (κ2) is 8.89. The molecule has 1 aliphatic rings. The summed E-state index contributed by atoms with van der Waals surface area (Å²) in [6.45, 7) is 5.75. The van der Waals surface area contributed by atoms with Gasteiger partial charge in [0, 0.05) is 66.9 Å². The van der Waals surface area contributed by atoms with Crippen molar-refractivity contribution in [1.29, 1.82) is 0 Å². The lowest BCUT2D eigenvalue weighted by Crippen LogP contribution is -2.43. The van der Waals surface area contributed by atoms with Crippen LogP contribution in [0.25, 0.3) is 21.9 Å². The number of aromatic nitrogens is 4. The lowest BCUT2D eigenvalue weighted by atomic mass is 10.2. The van der Waals surface area contributed by atoms with Crippen molar-refractivity contribution in [2.75, 3.05) is 36.4 Å². The SMILES string of the molecule is Cc1cn(S(=O)(=O)c2cccc3cccnc23)c2nc(Nc3ccc(N4CCNCC4)cc3)ncc12. The number of anilines is 3. The molecule has 182 valence electrons. The fourth-order valence-electron chi connectivity index (χ4n) is 4.57. The summed E-state index contributed by atoms with van der Waals surface area (Å²) in [6, 6.07) is 16.9. The van der Waals surface area contributed by atoms with Gasteiger partial charge in [-0.25, -0.2) is 17.4 Å². The topological polar surface area (TPSA) is 105 Å². The molecule has 0 saturated carbocycles. The summed E-state index contributed by atoms with van der Waals surface area (Å²) in [7, 11) is -3.95. The van der Waals surface area contributed by atoms with E-state index < -0.39 is 10.0 Å². The third-order valence-electron chi connectivity index (χ3n) is 6.45. The second-order valence-corrected chi connectivity index (χ2v) is 10.6. The van der Waals surface area contributed by atoms with Crippen molar-refractivity contribution in [3.05, 3.63) is 78.8 Å². The number of nitrogens with zero attached hydrogens (tertiary/aromatic N) is 5. The standard InChI is InChI=1S/C26H25N7O2S/c1-18-17-33(36(34,35)23-6-2-4-19-5-3-11-28-24(19)23)25-22(18)16-29-26(31-25)30-20-7-9-21(10-8-20)32-14-12-27-13-15-32/h2-11,16-17,27H,12-15H2,1H3,(H,29,30,31). The number of rotatable bonds is 5. The van der Waals surface area contributed by atoms with Gasteiger partial charge in [-0.05, 0) is 48.9 Å². The first-order valence-corrected chi connectivity index (χ1v) is 13.2. The highest BCUT2D eigenvalue weighted by molar-refractivity contribution is 7.90. The molecule has 0 amide bonds. The van der Waals surface area contributed by atoms with Gasteiger partial charge in [0.2, 0.25) is 5.95 Å². The molecule has 4 heterocycles. The van der Waals surface area contributed by atoms with E-state index in [-0.39, 0.29) is 4.90 Å². The normalized spacial score (nSPS) is 14.4. The molecule has 0 radical (unpaired) electrons. The van der Waals surface area contributed by atoms with Crippen LogP contribution < -0.4 is 15.5 Å². The summed E-state index contributed by atoms with van der Waals surface area (Å²) in [5.41, 5.74) is 3.50. The number of nitrogens with one attached hydrogen (secondary N) is 2. The van der Waals surface area contributed by atoms with Crippen LogP contribution in [0.5, 0.6) is 0 Å². The Morgan fingerprint density at radius 3 is 2.56 bits per heavy atom. The minimum absolute atomic E-state index is 0.133.